The molecule has 0 spiro atoms. The Balaban J connectivity index is 2.06. The zero-order valence-corrected chi connectivity index (χ0v) is 11.2. The summed E-state index contributed by atoms with van der Waals surface area (Å²) in [5.74, 6) is 1.47. The van der Waals surface area contributed by atoms with Crippen LogP contribution in [0.25, 0.3) is 22.1 Å². The maximum absolute atomic E-state index is 6.11. The fraction of sp³-hybridized carbons (Fsp3) is 0.0769. The van der Waals surface area contributed by atoms with E-state index in [4.69, 9.17) is 11.6 Å². The van der Waals surface area contributed by atoms with E-state index in [0.29, 0.717) is 5.82 Å². The molecule has 5 heteroatoms. The minimum absolute atomic E-state index is 0.679. The smallest absolute Gasteiger partial charge is 0.181 e. The first-order valence-electron chi connectivity index (χ1n) is 5.47. The number of hydrogen-bond donors (Lipinski definition) is 1. The molecule has 0 radical (unpaired) electrons. The van der Waals surface area contributed by atoms with Crippen molar-refractivity contribution < 1.29 is 0 Å². The molecule has 0 saturated carbocycles. The summed E-state index contributed by atoms with van der Waals surface area (Å²) in [7, 11) is 0. The molecule has 0 unspecified atom stereocenters. The van der Waals surface area contributed by atoms with Gasteiger partial charge in [0.05, 0.1) is 4.88 Å². The van der Waals surface area contributed by atoms with Gasteiger partial charge in [-0.2, -0.15) is 5.10 Å². The van der Waals surface area contributed by atoms with Gasteiger partial charge in [0.2, 0.25) is 0 Å². The summed E-state index contributed by atoms with van der Waals surface area (Å²) in [5, 5.41) is 9.96. The Morgan fingerprint density at radius 1 is 1.22 bits per heavy atom. The summed E-state index contributed by atoms with van der Waals surface area (Å²) in [5.41, 5.74) is 1.96. The highest BCUT2D eigenvalue weighted by Crippen LogP contribution is 2.28. The minimum atomic E-state index is 0.679. The molecular weight excluding hydrogens is 266 g/mol. The highest BCUT2D eigenvalue weighted by molar-refractivity contribution is 7.13. The van der Waals surface area contributed by atoms with Crippen molar-refractivity contribution >= 4 is 22.9 Å². The molecule has 0 aliphatic rings. The van der Waals surface area contributed by atoms with E-state index in [-0.39, 0.29) is 0 Å². The third-order valence-corrected chi connectivity index (χ3v) is 4.03. The highest BCUT2D eigenvalue weighted by atomic mass is 35.5. The van der Waals surface area contributed by atoms with Crippen molar-refractivity contribution in [3.8, 4) is 22.1 Å². The van der Waals surface area contributed by atoms with E-state index in [1.807, 2.05) is 42.6 Å². The van der Waals surface area contributed by atoms with Crippen LogP contribution in [0.2, 0.25) is 5.02 Å². The Hall–Kier alpha value is -1.65. The SMILES string of the molecule is Cc1c(Cl)cccc1-c1n[nH]c(-c2cccs2)n1. The summed E-state index contributed by atoms with van der Waals surface area (Å²) < 4.78 is 0. The molecule has 0 amide bonds. The predicted molar refractivity (Wildman–Crippen MR) is 74.9 cm³/mol. The van der Waals surface area contributed by atoms with Gasteiger partial charge in [0.15, 0.2) is 11.6 Å². The second-order valence-electron chi connectivity index (χ2n) is 3.90. The summed E-state index contributed by atoms with van der Waals surface area (Å²) in [6.07, 6.45) is 0. The number of H-pyrrole nitrogens is 1. The fourth-order valence-electron chi connectivity index (χ4n) is 1.76. The fourth-order valence-corrected chi connectivity index (χ4v) is 2.59. The molecule has 3 aromatic rings. The monoisotopic (exact) mass is 275 g/mol. The van der Waals surface area contributed by atoms with Gasteiger partial charge in [-0.05, 0) is 30.0 Å². The molecule has 90 valence electrons. The molecule has 0 bridgehead atoms. The Bertz CT molecular complexity index is 673. The van der Waals surface area contributed by atoms with E-state index in [1.54, 1.807) is 11.3 Å². The molecule has 0 atom stereocenters. The number of nitrogens with zero attached hydrogens (tertiary/aromatic N) is 2. The molecule has 3 nitrogen and oxygen atoms in total. The van der Waals surface area contributed by atoms with E-state index in [0.717, 1.165) is 26.9 Å². The number of hydrogen-bond acceptors (Lipinski definition) is 3. The molecule has 2 heterocycles. The van der Waals surface area contributed by atoms with Gasteiger partial charge in [0, 0.05) is 10.6 Å². The molecule has 1 aromatic carbocycles. The Morgan fingerprint density at radius 2 is 2.11 bits per heavy atom. The van der Waals surface area contributed by atoms with Gasteiger partial charge in [-0.1, -0.05) is 29.8 Å². The lowest BCUT2D eigenvalue weighted by Crippen LogP contribution is -1.86. The average molecular weight is 276 g/mol. The Labute approximate surface area is 113 Å². The molecule has 0 aliphatic heterocycles. The molecule has 18 heavy (non-hydrogen) atoms. The van der Waals surface area contributed by atoms with Crippen LogP contribution in [-0.4, -0.2) is 15.2 Å². The molecule has 1 N–H and O–H groups in total. The van der Waals surface area contributed by atoms with Gasteiger partial charge in [0.25, 0.3) is 0 Å². The average Bonchev–Trinajstić information content (AvgIpc) is 3.01. The van der Waals surface area contributed by atoms with Gasteiger partial charge >= 0.3 is 0 Å². The van der Waals surface area contributed by atoms with Crippen molar-refractivity contribution in [3.05, 3.63) is 46.3 Å². The topological polar surface area (TPSA) is 41.6 Å². The van der Waals surface area contributed by atoms with Crippen LogP contribution < -0.4 is 0 Å². The van der Waals surface area contributed by atoms with Crippen LogP contribution in [-0.2, 0) is 0 Å². The lowest BCUT2D eigenvalue weighted by molar-refractivity contribution is 1.10. The number of rotatable bonds is 2. The molecule has 0 saturated heterocycles. The number of aromatic amines is 1. The van der Waals surface area contributed by atoms with E-state index in [2.05, 4.69) is 15.2 Å². The lowest BCUT2D eigenvalue weighted by atomic mass is 10.1. The third kappa shape index (κ3) is 1.94. The number of benzene rings is 1. The Kier molecular flexibility index (Phi) is 2.89. The summed E-state index contributed by atoms with van der Waals surface area (Å²) in [6.45, 7) is 1.97. The van der Waals surface area contributed by atoms with Gasteiger partial charge in [0.1, 0.15) is 0 Å². The second kappa shape index (κ2) is 4.55. The normalized spacial score (nSPS) is 10.8. The van der Waals surface area contributed by atoms with Gasteiger partial charge < -0.3 is 0 Å². The van der Waals surface area contributed by atoms with Crippen LogP contribution in [0.1, 0.15) is 5.56 Å². The zero-order valence-electron chi connectivity index (χ0n) is 9.64. The molecule has 3 rings (SSSR count). The van der Waals surface area contributed by atoms with Crippen molar-refractivity contribution in [2.75, 3.05) is 0 Å². The summed E-state index contributed by atoms with van der Waals surface area (Å²) in [6, 6.07) is 9.76. The minimum Gasteiger partial charge on any atom is -0.258 e. The van der Waals surface area contributed by atoms with Crippen molar-refractivity contribution in [1.82, 2.24) is 15.2 Å². The third-order valence-electron chi connectivity index (χ3n) is 2.75. The van der Waals surface area contributed by atoms with Crippen molar-refractivity contribution in [3.63, 3.8) is 0 Å². The van der Waals surface area contributed by atoms with E-state index < -0.39 is 0 Å². The maximum Gasteiger partial charge on any atom is 0.181 e. The van der Waals surface area contributed by atoms with Crippen molar-refractivity contribution in [2.24, 2.45) is 0 Å². The molecule has 0 fully saturated rings. The summed E-state index contributed by atoms with van der Waals surface area (Å²) >= 11 is 7.74. The standard InChI is InChI=1S/C13H10ClN3S/c1-8-9(4-2-5-10(8)14)12-15-13(17-16-12)11-6-3-7-18-11/h2-7H,1H3,(H,15,16,17). The first kappa shape index (κ1) is 11.4. The van der Waals surface area contributed by atoms with E-state index in [1.165, 1.54) is 0 Å². The second-order valence-corrected chi connectivity index (χ2v) is 5.25. The van der Waals surface area contributed by atoms with E-state index >= 15 is 0 Å². The quantitative estimate of drug-likeness (QED) is 0.763. The van der Waals surface area contributed by atoms with Crippen molar-refractivity contribution in [2.45, 2.75) is 6.92 Å². The number of thiophene rings is 1. The van der Waals surface area contributed by atoms with Gasteiger partial charge in [-0.15, -0.1) is 11.3 Å². The van der Waals surface area contributed by atoms with Crippen LogP contribution in [0.5, 0.6) is 0 Å². The van der Waals surface area contributed by atoms with Gasteiger partial charge in [-0.25, -0.2) is 4.98 Å². The lowest BCUT2D eigenvalue weighted by Gasteiger charge is -2.02. The molecule has 2 aromatic heterocycles. The van der Waals surface area contributed by atoms with Crippen molar-refractivity contribution in [1.29, 1.82) is 0 Å². The van der Waals surface area contributed by atoms with Crippen LogP contribution in [0.4, 0.5) is 0 Å². The largest absolute Gasteiger partial charge is 0.258 e. The highest BCUT2D eigenvalue weighted by Gasteiger charge is 2.11. The predicted octanol–water partition coefficient (Wildman–Crippen LogP) is 4.16. The van der Waals surface area contributed by atoms with E-state index in [9.17, 15) is 0 Å². The molecule has 0 aliphatic carbocycles. The number of halogens is 1. The number of nitrogens with one attached hydrogen (secondary N) is 1. The van der Waals surface area contributed by atoms with Crippen LogP contribution in [0.3, 0.4) is 0 Å². The van der Waals surface area contributed by atoms with Gasteiger partial charge in [-0.3, -0.25) is 5.10 Å². The van der Waals surface area contributed by atoms with Crippen LogP contribution in [0, 0.1) is 6.92 Å². The van der Waals surface area contributed by atoms with Crippen LogP contribution in [0.15, 0.2) is 35.7 Å². The zero-order chi connectivity index (χ0) is 12.5. The maximum atomic E-state index is 6.11. The first-order chi connectivity index (χ1) is 8.75. The molecular formula is C13H10ClN3S. The Morgan fingerprint density at radius 3 is 2.89 bits per heavy atom. The first-order valence-corrected chi connectivity index (χ1v) is 6.73. The van der Waals surface area contributed by atoms with Crippen LogP contribution >= 0.6 is 22.9 Å². The number of aromatic nitrogens is 3. The summed E-state index contributed by atoms with van der Waals surface area (Å²) in [4.78, 5) is 5.59.